The minimum atomic E-state index is -1.23. The molecular weight excluding hydrogens is 658 g/mol. The van der Waals surface area contributed by atoms with Crippen LogP contribution >= 0.6 is 0 Å². The van der Waals surface area contributed by atoms with Crippen molar-refractivity contribution in [1.82, 2.24) is 16.0 Å². The largest absolute Gasteiger partial charge is 0.494 e. The third kappa shape index (κ3) is 24.9. The number of ether oxygens (including phenoxy) is 5. The Morgan fingerprint density at radius 1 is 0.640 bits per heavy atom. The van der Waals surface area contributed by atoms with Crippen LogP contribution < -0.4 is 20.7 Å². The van der Waals surface area contributed by atoms with Crippen LogP contribution in [-0.2, 0) is 42.9 Å². The predicted octanol–water partition coefficient (Wildman–Crippen LogP) is 1.73. The molecule has 0 fully saturated rings. The summed E-state index contributed by atoms with van der Waals surface area (Å²) >= 11 is 0. The van der Waals surface area contributed by atoms with Gasteiger partial charge in [-0.15, -0.1) is 0 Å². The zero-order valence-electron chi connectivity index (χ0n) is 28.7. The topological polar surface area (TPSA) is 225 Å². The summed E-state index contributed by atoms with van der Waals surface area (Å²) in [7, 11) is 0. The number of aromatic carboxylic acids is 1. The van der Waals surface area contributed by atoms with Gasteiger partial charge in [0.25, 0.3) is 0 Å². The molecule has 1 aromatic rings. The second-order valence-electron chi connectivity index (χ2n) is 11.1. The van der Waals surface area contributed by atoms with Crippen molar-refractivity contribution in [2.45, 2.75) is 70.3 Å². The summed E-state index contributed by atoms with van der Waals surface area (Å²) in [5, 5.41) is 25.7. The highest BCUT2D eigenvalue weighted by atomic mass is 16.5. The Bertz CT molecular complexity index is 1120. The molecule has 16 nitrogen and oxygen atoms in total. The molecule has 0 radical (unpaired) electrons. The van der Waals surface area contributed by atoms with Crippen molar-refractivity contribution >= 4 is 35.9 Å². The number of aldehydes is 1. The average molecular weight is 712 g/mol. The van der Waals surface area contributed by atoms with Crippen molar-refractivity contribution in [3.05, 3.63) is 29.8 Å². The van der Waals surface area contributed by atoms with Gasteiger partial charge in [-0.05, 0) is 43.5 Å². The van der Waals surface area contributed by atoms with E-state index in [1.54, 1.807) is 12.1 Å². The Morgan fingerprint density at radius 2 is 1.18 bits per heavy atom. The summed E-state index contributed by atoms with van der Waals surface area (Å²) in [6.45, 7) is 2.10. The maximum atomic E-state index is 12.0. The summed E-state index contributed by atoms with van der Waals surface area (Å²) < 4.78 is 26.7. The van der Waals surface area contributed by atoms with Gasteiger partial charge in [0.05, 0.1) is 51.8 Å². The van der Waals surface area contributed by atoms with Gasteiger partial charge in [0, 0.05) is 25.9 Å². The van der Waals surface area contributed by atoms with Crippen molar-refractivity contribution < 1.29 is 62.7 Å². The van der Waals surface area contributed by atoms with Crippen molar-refractivity contribution in [3.8, 4) is 5.75 Å². The predicted molar refractivity (Wildman–Crippen MR) is 180 cm³/mol. The fourth-order valence-corrected chi connectivity index (χ4v) is 4.32. The second-order valence-corrected chi connectivity index (χ2v) is 11.1. The molecule has 50 heavy (non-hydrogen) atoms. The number of aliphatic carboxylic acids is 1. The molecule has 1 unspecified atom stereocenters. The molecule has 0 bridgehead atoms. The van der Waals surface area contributed by atoms with Crippen LogP contribution in [0.4, 0.5) is 0 Å². The van der Waals surface area contributed by atoms with E-state index in [0.717, 1.165) is 44.9 Å². The summed E-state index contributed by atoms with van der Waals surface area (Å²) in [5.41, 5.74) is 0.238. The van der Waals surface area contributed by atoms with Crippen molar-refractivity contribution in [1.29, 1.82) is 0 Å². The van der Waals surface area contributed by atoms with E-state index in [4.69, 9.17) is 33.9 Å². The number of carbonyl (C=O) groups excluding carboxylic acids is 4. The van der Waals surface area contributed by atoms with Crippen molar-refractivity contribution in [2.75, 3.05) is 72.6 Å². The minimum Gasteiger partial charge on any atom is -0.494 e. The number of carboxylic acid groups (broad SMARTS) is 2. The molecule has 5 N–H and O–H groups in total. The Kier molecular flexibility index (Phi) is 26.1. The van der Waals surface area contributed by atoms with E-state index in [2.05, 4.69) is 16.0 Å². The SMILES string of the molecule is O=CCCC(NC(=O)COCCOCCNC(=O)COCCOCCNC(=O)CCCCCCCCCOc1ccc(C(=O)O)cc1)C(=O)O. The van der Waals surface area contributed by atoms with Gasteiger partial charge in [-0.3, -0.25) is 14.4 Å². The van der Waals surface area contributed by atoms with Gasteiger partial charge >= 0.3 is 11.9 Å². The quantitative estimate of drug-likeness (QED) is 0.0518. The molecule has 16 heteroatoms. The summed E-state index contributed by atoms with van der Waals surface area (Å²) in [5.74, 6) is -2.45. The monoisotopic (exact) mass is 711 g/mol. The van der Waals surface area contributed by atoms with E-state index in [-0.39, 0.29) is 83.0 Å². The van der Waals surface area contributed by atoms with Crippen LogP contribution in [0.25, 0.3) is 0 Å². The molecule has 1 aromatic carbocycles. The molecule has 3 amide bonds. The third-order valence-corrected chi connectivity index (χ3v) is 6.97. The lowest BCUT2D eigenvalue weighted by Crippen LogP contribution is -2.42. The van der Waals surface area contributed by atoms with Crippen LogP contribution in [0.3, 0.4) is 0 Å². The van der Waals surface area contributed by atoms with Gasteiger partial charge in [-0.25, -0.2) is 9.59 Å². The number of rotatable bonds is 33. The van der Waals surface area contributed by atoms with Gasteiger partial charge in [0.1, 0.15) is 31.3 Å². The molecule has 0 heterocycles. The maximum Gasteiger partial charge on any atom is 0.335 e. The van der Waals surface area contributed by atoms with Gasteiger partial charge in [-0.2, -0.15) is 0 Å². The first-order valence-electron chi connectivity index (χ1n) is 17.0. The minimum absolute atomic E-state index is 0.00204. The molecule has 0 aliphatic carbocycles. The van der Waals surface area contributed by atoms with Gasteiger partial charge in [-0.1, -0.05) is 32.1 Å². The molecule has 0 saturated heterocycles. The zero-order chi connectivity index (χ0) is 36.7. The van der Waals surface area contributed by atoms with Crippen LogP contribution in [0, 0.1) is 0 Å². The molecule has 0 saturated carbocycles. The zero-order valence-corrected chi connectivity index (χ0v) is 28.7. The number of unbranched alkanes of at least 4 members (excludes halogenated alkanes) is 6. The van der Waals surface area contributed by atoms with Gasteiger partial charge in [0.2, 0.25) is 17.7 Å². The smallest absolute Gasteiger partial charge is 0.335 e. The van der Waals surface area contributed by atoms with Crippen LogP contribution in [0.15, 0.2) is 24.3 Å². The fraction of sp³-hybridized carbons (Fsp3) is 0.647. The van der Waals surface area contributed by atoms with E-state index in [9.17, 15) is 28.8 Å². The number of nitrogens with one attached hydrogen (secondary N) is 3. The van der Waals surface area contributed by atoms with E-state index < -0.39 is 23.9 Å². The van der Waals surface area contributed by atoms with Crippen LogP contribution in [-0.4, -0.2) is 125 Å². The number of carboxylic acids is 2. The number of hydrogen-bond acceptors (Lipinski definition) is 11. The summed E-state index contributed by atoms with van der Waals surface area (Å²) in [4.78, 5) is 67.8. The van der Waals surface area contributed by atoms with Crippen LogP contribution in [0.2, 0.25) is 0 Å². The highest BCUT2D eigenvalue weighted by molar-refractivity contribution is 5.87. The molecule has 1 atom stereocenters. The molecule has 0 aliphatic rings. The first-order chi connectivity index (χ1) is 24.2. The lowest BCUT2D eigenvalue weighted by atomic mass is 10.1. The van der Waals surface area contributed by atoms with Gasteiger partial charge in [0.15, 0.2) is 0 Å². The highest BCUT2D eigenvalue weighted by Gasteiger charge is 2.19. The molecular formula is C34H53N3O13. The third-order valence-electron chi connectivity index (χ3n) is 6.97. The highest BCUT2D eigenvalue weighted by Crippen LogP contribution is 2.14. The fourth-order valence-electron chi connectivity index (χ4n) is 4.32. The maximum absolute atomic E-state index is 12.0. The van der Waals surface area contributed by atoms with Gasteiger partial charge < -0.3 is 54.6 Å². The number of amides is 3. The number of benzene rings is 1. The van der Waals surface area contributed by atoms with E-state index in [1.165, 1.54) is 12.1 Å². The molecule has 0 aromatic heterocycles. The number of carbonyl (C=O) groups is 6. The number of hydrogen-bond donors (Lipinski definition) is 5. The Labute approximate surface area is 292 Å². The standard InChI is InChI=1S/C34H53N3O13/c38-17-8-9-29(34(44)45)37-32(41)26-49-24-22-47-20-16-36-31(40)25-48-23-21-46-19-15-35-30(39)10-6-4-2-1-3-5-7-18-50-28-13-11-27(12-14-28)33(42)43/h11-14,17,29H,1-10,15-16,18-26H2,(H,35,39)(H,36,40)(H,37,41)(H,42,43)(H,44,45). The molecule has 0 aliphatic heterocycles. The Balaban J connectivity index is 1.83. The van der Waals surface area contributed by atoms with Crippen molar-refractivity contribution in [3.63, 3.8) is 0 Å². The van der Waals surface area contributed by atoms with E-state index in [1.807, 2.05) is 0 Å². The van der Waals surface area contributed by atoms with Crippen molar-refractivity contribution in [2.24, 2.45) is 0 Å². The van der Waals surface area contributed by atoms with E-state index >= 15 is 0 Å². The summed E-state index contributed by atoms with van der Waals surface area (Å²) in [6, 6.07) is 5.24. The first kappa shape index (κ1) is 43.9. The molecule has 0 spiro atoms. The normalized spacial score (nSPS) is 11.4. The van der Waals surface area contributed by atoms with Crippen LogP contribution in [0.1, 0.15) is 74.6 Å². The summed E-state index contributed by atoms with van der Waals surface area (Å²) in [6.07, 6.45) is 8.19. The second kappa shape index (κ2) is 29.8. The lowest BCUT2D eigenvalue weighted by molar-refractivity contribution is -0.142. The lowest BCUT2D eigenvalue weighted by Gasteiger charge is -2.13. The Morgan fingerprint density at radius 3 is 1.76 bits per heavy atom. The van der Waals surface area contributed by atoms with Crippen LogP contribution in [0.5, 0.6) is 5.75 Å². The first-order valence-corrected chi connectivity index (χ1v) is 17.0. The van der Waals surface area contributed by atoms with E-state index in [0.29, 0.717) is 38.2 Å². The molecule has 1 rings (SSSR count). The average Bonchev–Trinajstić information content (AvgIpc) is 3.09. The Hall–Kier alpha value is -4.12. The molecule has 282 valence electrons.